The smallest absolute Gasteiger partial charge is 0.00216 e. The number of allylic oxidation sites excluding steroid dienone is 4. The molecular weight excluding hydrogens is 264 g/mol. The normalized spacial score (nSPS) is 16.8. The van der Waals surface area contributed by atoms with E-state index in [1.54, 1.807) is 11.1 Å². The highest BCUT2D eigenvalue weighted by atomic mass is 14.3. The third kappa shape index (κ3) is 2.14. The maximum absolute atomic E-state index is 2.37. The molecule has 0 radical (unpaired) electrons. The van der Waals surface area contributed by atoms with Crippen LogP contribution in [0, 0.1) is 5.92 Å². The molecule has 0 aliphatic heterocycles. The van der Waals surface area contributed by atoms with Gasteiger partial charge in [0.15, 0.2) is 0 Å². The Kier molecular flexibility index (Phi) is 3.46. The largest absolute Gasteiger partial charge is 0.0770 e. The van der Waals surface area contributed by atoms with Crippen molar-refractivity contribution in [3.63, 3.8) is 0 Å². The predicted molar refractivity (Wildman–Crippen MR) is 94.1 cm³/mol. The zero-order valence-electron chi connectivity index (χ0n) is 13.1. The van der Waals surface area contributed by atoms with Gasteiger partial charge in [0.05, 0.1) is 0 Å². The van der Waals surface area contributed by atoms with Crippen molar-refractivity contribution in [1.82, 2.24) is 0 Å². The first-order chi connectivity index (χ1) is 10.9. The van der Waals surface area contributed by atoms with Crippen LogP contribution >= 0.6 is 0 Å². The van der Waals surface area contributed by atoms with Crippen molar-refractivity contribution in [2.75, 3.05) is 0 Å². The van der Waals surface area contributed by atoms with Gasteiger partial charge in [0.25, 0.3) is 0 Å². The molecule has 0 saturated carbocycles. The molecule has 0 N–H and O–H groups in total. The van der Waals surface area contributed by atoms with E-state index in [1.807, 2.05) is 0 Å². The van der Waals surface area contributed by atoms with E-state index in [4.69, 9.17) is 0 Å². The summed E-state index contributed by atoms with van der Waals surface area (Å²) in [5.74, 6) is 1.18. The first-order valence-electron chi connectivity index (χ1n) is 8.43. The minimum Gasteiger partial charge on any atom is -0.0770 e. The van der Waals surface area contributed by atoms with Crippen LogP contribution in [0.5, 0.6) is 0 Å². The van der Waals surface area contributed by atoms with Gasteiger partial charge in [-0.05, 0) is 46.6 Å². The minimum atomic E-state index is 0.565. The van der Waals surface area contributed by atoms with Gasteiger partial charge >= 0.3 is 0 Å². The lowest BCUT2D eigenvalue weighted by molar-refractivity contribution is 0.541. The molecule has 22 heavy (non-hydrogen) atoms. The summed E-state index contributed by atoms with van der Waals surface area (Å²) in [5, 5.41) is 0. The summed E-state index contributed by atoms with van der Waals surface area (Å²) in [6.45, 7) is 2.30. The Morgan fingerprint density at radius 2 is 1.73 bits per heavy atom. The van der Waals surface area contributed by atoms with Crippen LogP contribution < -0.4 is 0 Å². The van der Waals surface area contributed by atoms with Crippen molar-refractivity contribution in [3.05, 3.63) is 83.5 Å². The molecule has 0 bridgehead atoms. The van der Waals surface area contributed by atoms with Crippen LogP contribution in [0.2, 0.25) is 0 Å². The molecule has 4 rings (SSSR count). The number of hydrogen-bond donors (Lipinski definition) is 0. The second-order valence-electron chi connectivity index (χ2n) is 6.45. The second kappa shape index (κ2) is 5.61. The quantitative estimate of drug-likeness (QED) is 0.561. The molecule has 2 aromatic carbocycles. The number of benzene rings is 2. The molecule has 1 unspecified atom stereocenters. The highest BCUT2D eigenvalue weighted by molar-refractivity contribution is 5.78. The van der Waals surface area contributed by atoms with E-state index in [0.29, 0.717) is 11.8 Å². The van der Waals surface area contributed by atoms with Crippen molar-refractivity contribution in [1.29, 1.82) is 0 Å². The Bertz CT molecular complexity index is 736. The van der Waals surface area contributed by atoms with Gasteiger partial charge in [0.2, 0.25) is 0 Å². The summed E-state index contributed by atoms with van der Waals surface area (Å²) in [7, 11) is 0. The van der Waals surface area contributed by atoms with Crippen LogP contribution in [-0.4, -0.2) is 0 Å². The fraction of sp³-hybridized carbons (Fsp3) is 0.273. The first-order valence-corrected chi connectivity index (χ1v) is 8.43. The zero-order chi connectivity index (χ0) is 14.9. The maximum Gasteiger partial charge on any atom is 0.00216 e. The van der Waals surface area contributed by atoms with Crippen molar-refractivity contribution < 1.29 is 0 Å². The average molecular weight is 286 g/mol. The molecule has 0 fully saturated rings. The molecule has 2 aliphatic carbocycles. The van der Waals surface area contributed by atoms with Gasteiger partial charge in [0, 0.05) is 5.92 Å². The van der Waals surface area contributed by atoms with Gasteiger partial charge in [-0.3, -0.25) is 0 Å². The Hall–Kier alpha value is -2.08. The van der Waals surface area contributed by atoms with Crippen LogP contribution in [-0.2, 0) is 6.42 Å². The van der Waals surface area contributed by atoms with Crippen molar-refractivity contribution in [3.8, 4) is 11.1 Å². The summed E-state index contributed by atoms with van der Waals surface area (Å²) in [6.07, 6.45) is 12.7. The Labute approximate surface area is 133 Å². The Morgan fingerprint density at radius 3 is 2.55 bits per heavy atom. The van der Waals surface area contributed by atoms with Crippen LogP contribution in [0.25, 0.3) is 11.1 Å². The molecule has 0 aromatic heterocycles. The maximum atomic E-state index is 2.37. The van der Waals surface area contributed by atoms with Crippen molar-refractivity contribution in [2.45, 2.75) is 32.1 Å². The molecule has 0 amide bonds. The van der Waals surface area contributed by atoms with Gasteiger partial charge < -0.3 is 0 Å². The van der Waals surface area contributed by atoms with Gasteiger partial charge in [-0.2, -0.15) is 0 Å². The summed E-state index contributed by atoms with van der Waals surface area (Å²) < 4.78 is 0. The molecule has 0 spiro atoms. The second-order valence-corrected chi connectivity index (χ2v) is 6.45. The van der Waals surface area contributed by atoms with Crippen molar-refractivity contribution in [2.24, 2.45) is 5.92 Å². The molecule has 110 valence electrons. The molecular formula is C22H22. The van der Waals surface area contributed by atoms with E-state index < -0.39 is 0 Å². The van der Waals surface area contributed by atoms with Crippen LogP contribution in [0.3, 0.4) is 0 Å². The highest BCUT2D eigenvalue weighted by Crippen LogP contribution is 2.43. The highest BCUT2D eigenvalue weighted by Gasteiger charge is 2.27. The van der Waals surface area contributed by atoms with Gasteiger partial charge in [-0.1, -0.05) is 80.1 Å². The van der Waals surface area contributed by atoms with Gasteiger partial charge in [-0.15, -0.1) is 0 Å². The van der Waals surface area contributed by atoms with E-state index in [1.165, 1.54) is 29.5 Å². The molecule has 0 nitrogen and oxygen atoms in total. The molecule has 0 heteroatoms. The summed E-state index contributed by atoms with van der Waals surface area (Å²) in [4.78, 5) is 0. The molecule has 0 saturated heterocycles. The Morgan fingerprint density at radius 1 is 0.955 bits per heavy atom. The van der Waals surface area contributed by atoms with Crippen LogP contribution in [0.1, 0.15) is 42.4 Å². The predicted octanol–water partition coefficient (Wildman–Crippen LogP) is 5.88. The third-order valence-corrected chi connectivity index (χ3v) is 5.13. The zero-order valence-corrected chi connectivity index (χ0v) is 13.1. The van der Waals surface area contributed by atoms with Gasteiger partial charge in [-0.25, -0.2) is 0 Å². The summed E-state index contributed by atoms with van der Waals surface area (Å²) in [5.41, 5.74) is 7.51. The third-order valence-electron chi connectivity index (χ3n) is 5.13. The summed E-state index contributed by atoms with van der Waals surface area (Å²) >= 11 is 0. The standard InChI is InChI=1S/C22H22/c1-2-8-18(16-9-3-4-10-16)20-13-7-14-21-19-12-6-5-11-17(19)15-22(20)21/h3-7,9-14,16,18H,2,8,15H2,1H3. The summed E-state index contributed by atoms with van der Waals surface area (Å²) in [6, 6.07) is 15.8. The number of rotatable bonds is 4. The van der Waals surface area contributed by atoms with E-state index in [9.17, 15) is 0 Å². The first kappa shape index (κ1) is 13.6. The molecule has 2 aromatic rings. The number of fused-ring (bicyclic) bond motifs is 3. The van der Waals surface area contributed by atoms with Crippen LogP contribution in [0.4, 0.5) is 0 Å². The van der Waals surface area contributed by atoms with E-state index >= 15 is 0 Å². The fourth-order valence-corrected chi connectivity index (χ4v) is 4.11. The molecule has 0 heterocycles. The van der Waals surface area contributed by atoms with E-state index in [2.05, 4.69) is 73.7 Å². The number of hydrogen-bond acceptors (Lipinski definition) is 0. The average Bonchev–Trinajstić information content (AvgIpc) is 3.20. The van der Waals surface area contributed by atoms with E-state index in [0.717, 1.165) is 6.42 Å². The lowest BCUT2D eigenvalue weighted by Gasteiger charge is -2.24. The minimum absolute atomic E-state index is 0.565. The molecule has 1 atom stereocenters. The van der Waals surface area contributed by atoms with Gasteiger partial charge in [0.1, 0.15) is 0 Å². The topological polar surface area (TPSA) is 0 Å². The monoisotopic (exact) mass is 286 g/mol. The SMILES string of the molecule is CCCC(c1cccc2c1Cc1ccccc1-2)C1C=CC=C1. The van der Waals surface area contributed by atoms with Crippen LogP contribution in [0.15, 0.2) is 66.8 Å². The fourth-order valence-electron chi connectivity index (χ4n) is 4.11. The lowest BCUT2D eigenvalue weighted by Crippen LogP contribution is -2.10. The Balaban J connectivity index is 1.80. The van der Waals surface area contributed by atoms with E-state index in [-0.39, 0.29) is 0 Å². The molecule has 2 aliphatic rings. The lowest BCUT2D eigenvalue weighted by atomic mass is 9.80. The van der Waals surface area contributed by atoms with Crippen molar-refractivity contribution >= 4 is 0 Å².